The average molecular weight is 387 g/mol. The molecule has 10 heteroatoms. The van der Waals surface area contributed by atoms with Crippen molar-refractivity contribution in [1.29, 1.82) is 0 Å². The normalized spacial score (nSPS) is 17.9. The first-order valence-corrected chi connectivity index (χ1v) is 9.50. The van der Waals surface area contributed by atoms with Gasteiger partial charge in [0.25, 0.3) is 5.56 Å². The highest BCUT2D eigenvalue weighted by Crippen LogP contribution is 2.22. The maximum absolute atomic E-state index is 11.9. The van der Waals surface area contributed by atoms with Crippen molar-refractivity contribution in [1.82, 2.24) is 19.5 Å². The van der Waals surface area contributed by atoms with Crippen LogP contribution < -0.4 is 25.9 Å². The minimum atomic E-state index is -0.397. The van der Waals surface area contributed by atoms with Gasteiger partial charge in [0.05, 0.1) is 13.2 Å². The molecule has 0 bridgehead atoms. The molecule has 150 valence electrons. The highest BCUT2D eigenvalue weighted by Gasteiger charge is 2.22. The Bertz CT molecular complexity index is 925. The maximum Gasteiger partial charge on any atom is 0.329 e. The Morgan fingerprint density at radius 2 is 1.46 bits per heavy atom. The van der Waals surface area contributed by atoms with Gasteiger partial charge in [0.2, 0.25) is 0 Å². The van der Waals surface area contributed by atoms with Crippen LogP contribution in [0.1, 0.15) is 5.82 Å². The molecule has 0 aliphatic carbocycles. The van der Waals surface area contributed by atoms with Crippen molar-refractivity contribution in [2.45, 2.75) is 6.92 Å². The summed E-state index contributed by atoms with van der Waals surface area (Å²) in [4.78, 5) is 42.2. The van der Waals surface area contributed by atoms with Gasteiger partial charge in [0.15, 0.2) is 0 Å². The molecule has 4 rings (SSSR count). The summed E-state index contributed by atoms with van der Waals surface area (Å²) in [7, 11) is 1.46. The third-order valence-electron chi connectivity index (χ3n) is 5.22. The summed E-state index contributed by atoms with van der Waals surface area (Å²) >= 11 is 0. The summed E-state index contributed by atoms with van der Waals surface area (Å²) in [6.07, 6.45) is 0. The molecule has 2 fully saturated rings. The second kappa shape index (κ2) is 7.63. The van der Waals surface area contributed by atoms with Gasteiger partial charge in [-0.2, -0.15) is 0 Å². The molecule has 0 radical (unpaired) electrons. The standard InChI is InChI=1S/C18H25N7O3/c1-13-19-14(11-15(20-13)25-7-9-28-10-8-25)23-3-5-24(6-4-23)16-12-17(26)22(2)18(27)21-16/h11-12H,3-10H2,1-2H3,(H,21,27). The molecule has 0 spiro atoms. The number of aromatic amines is 1. The van der Waals surface area contributed by atoms with E-state index in [4.69, 9.17) is 4.74 Å². The lowest BCUT2D eigenvalue weighted by Gasteiger charge is -2.36. The van der Waals surface area contributed by atoms with Gasteiger partial charge in [0.1, 0.15) is 23.3 Å². The van der Waals surface area contributed by atoms with Gasteiger partial charge >= 0.3 is 5.69 Å². The van der Waals surface area contributed by atoms with Gasteiger partial charge in [-0.1, -0.05) is 0 Å². The summed E-state index contributed by atoms with van der Waals surface area (Å²) in [6.45, 7) is 7.89. The van der Waals surface area contributed by atoms with Crippen LogP contribution in [-0.4, -0.2) is 72.0 Å². The maximum atomic E-state index is 11.9. The van der Waals surface area contributed by atoms with Gasteiger partial charge in [-0.3, -0.25) is 14.3 Å². The van der Waals surface area contributed by atoms with Crippen LogP contribution >= 0.6 is 0 Å². The zero-order chi connectivity index (χ0) is 19.7. The molecule has 0 atom stereocenters. The van der Waals surface area contributed by atoms with Gasteiger partial charge in [-0.05, 0) is 6.92 Å². The number of hydrogen-bond acceptors (Lipinski definition) is 8. The number of nitrogens with one attached hydrogen (secondary N) is 1. The van der Waals surface area contributed by atoms with E-state index in [0.717, 1.165) is 48.2 Å². The lowest BCUT2D eigenvalue weighted by atomic mass is 10.3. The summed E-state index contributed by atoms with van der Waals surface area (Å²) in [5.74, 6) is 3.16. The number of rotatable bonds is 3. The Labute approximate surface area is 162 Å². The molecule has 2 aromatic heterocycles. The third kappa shape index (κ3) is 3.72. The van der Waals surface area contributed by atoms with Crippen LogP contribution in [0.15, 0.2) is 21.7 Å². The van der Waals surface area contributed by atoms with Crippen LogP contribution in [0.3, 0.4) is 0 Å². The Hall–Kier alpha value is -2.88. The van der Waals surface area contributed by atoms with Gasteiger partial charge in [-0.25, -0.2) is 14.8 Å². The number of nitrogens with zero attached hydrogens (tertiary/aromatic N) is 6. The molecule has 0 amide bonds. The van der Waals surface area contributed by atoms with E-state index in [2.05, 4.69) is 24.8 Å². The molecule has 2 aromatic rings. The first-order valence-electron chi connectivity index (χ1n) is 9.50. The first kappa shape index (κ1) is 18.5. The molecule has 0 unspecified atom stereocenters. The smallest absolute Gasteiger partial charge is 0.329 e. The Balaban J connectivity index is 1.48. The summed E-state index contributed by atoms with van der Waals surface area (Å²) in [5, 5.41) is 0. The van der Waals surface area contributed by atoms with Crippen LogP contribution in [0.4, 0.5) is 17.5 Å². The lowest BCUT2D eigenvalue weighted by molar-refractivity contribution is 0.122. The van der Waals surface area contributed by atoms with Gasteiger partial charge in [-0.15, -0.1) is 0 Å². The van der Waals surface area contributed by atoms with Crippen molar-refractivity contribution >= 4 is 17.5 Å². The zero-order valence-electron chi connectivity index (χ0n) is 16.2. The molecule has 4 heterocycles. The van der Waals surface area contributed by atoms with E-state index in [-0.39, 0.29) is 5.56 Å². The monoisotopic (exact) mass is 387 g/mol. The SMILES string of the molecule is Cc1nc(N2CCOCC2)cc(N2CCN(c3cc(=O)n(C)c(=O)[nH]3)CC2)n1. The summed E-state index contributed by atoms with van der Waals surface area (Å²) < 4.78 is 6.49. The number of H-pyrrole nitrogens is 1. The second-order valence-electron chi connectivity index (χ2n) is 7.06. The van der Waals surface area contributed by atoms with Crippen molar-refractivity contribution in [3.8, 4) is 0 Å². The van der Waals surface area contributed by atoms with Crippen LogP contribution in [0, 0.1) is 6.92 Å². The van der Waals surface area contributed by atoms with Crippen LogP contribution in [-0.2, 0) is 11.8 Å². The second-order valence-corrected chi connectivity index (χ2v) is 7.06. The van der Waals surface area contributed by atoms with E-state index < -0.39 is 5.69 Å². The molecule has 28 heavy (non-hydrogen) atoms. The van der Waals surface area contributed by atoms with E-state index in [9.17, 15) is 9.59 Å². The number of hydrogen-bond donors (Lipinski definition) is 1. The fourth-order valence-corrected chi connectivity index (χ4v) is 3.54. The minimum absolute atomic E-state index is 0.303. The molecule has 0 aromatic carbocycles. The van der Waals surface area contributed by atoms with Crippen molar-refractivity contribution in [2.75, 3.05) is 67.2 Å². The van der Waals surface area contributed by atoms with Crippen LogP contribution in [0.5, 0.6) is 0 Å². The van der Waals surface area contributed by atoms with E-state index in [1.54, 1.807) is 0 Å². The number of ether oxygens (including phenoxy) is 1. The predicted molar refractivity (Wildman–Crippen MR) is 107 cm³/mol. The topological polar surface area (TPSA) is 99.6 Å². The summed E-state index contributed by atoms with van der Waals surface area (Å²) in [6, 6.07) is 3.51. The third-order valence-corrected chi connectivity index (χ3v) is 5.22. The minimum Gasteiger partial charge on any atom is -0.378 e. The van der Waals surface area contributed by atoms with Gasteiger partial charge in [0, 0.05) is 58.4 Å². The number of morpholine rings is 1. The van der Waals surface area contributed by atoms with Gasteiger partial charge < -0.3 is 19.4 Å². The molecular weight excluding hydrogens is 362 g/mol. The van der Waals surface area contributed by atoms with Crippen molar-refractivity contribution in [2.24, 2.45) is 7.05 Å². The quantitative estimate of drug-likeness (QED) is 0.741. The van der Waals surface area contributed by atoms with Crippen LogP contribution in [0.2, 0.25) is 0 Å². The molecule has 0 saturated carbocycles. The van der Waals surface area contributed by atoms with E-state index >= 15 is 0 Å². The number of aryl methyl sites for hydroxylation is 1. The van der Waals surface area contributed by atoms with Crippen LogP contribution in [0.25, 0.3) is 0 Å². The largest absolute Gasteiger partial charge is 0.378 e. The summed E-state index contributed by atoms with van der Waals surface area (Å²) in [5.41, 5.74) is -0.700. The molecule has 10 nitrogen and oxygen atoms in total. The number of aromatic nitrogens is 4. The fraction of sp³-hybridized carbons (Fsp3) is 0.556. The highest BCUT2D eigenvalue weighted by atomic mass is 16.5. The Kier molecular flexibility index (Phi) is 5.03. The van der Waals surface area contributed by atoms with E-state index in [0.29, 0.717) is 32.1 Å². The van der Waals surface area contributed by atoms with Crippen molar-refractivity contribution in [3.63, 3.8) is 0 Å². The average Bonchev–Trinajstić information content (AvgIpc) is 2.72. The molecule has 2 aliphatic heterocycles. The molecule has 1 N–H and O–H groups in total. The molecular formula is C18H25N7O3. The number of piperazine rings is 1. The van der Waals surface area contributed by atoms with Crippen molar-refractivity contribution in [3.05, 3.63) is 38.8 Å². The zero-order valence-corrected chi connectivity index (χ0v) is 16.2. The molecule has 2 aliphatic rings. The predicted octanol–water partition coefficient (Wildman–Crippen LogP) is -0.665. The number of anilines is 3. The Morgan fingerprint density at radius 1 is 0.893 bits per heavy atom. The highest BCUT2D eigenvalue weighted by molar-refractivity contribution is 5.52. The fourth-order valence-electron chi connectivity index (χ4n) is 3.54. The lowest BCUT2D eigenvalue weighted by Crippen LogP contribution is -2.48. The van der Waals surface area contributed by atoms with Crippen molar-refractivity contribution < 1.29 is 4.74 Å². The Morgan fingerprint density at radius 3 is 2.07 bits per heavy atom. The van der Waals surface area contributed by atoms with E-state index in [1.165, 1.54) is 13.1 Å². The molecule has 2 saturated heterocycles. The first-order chi connectivity index (χ1) is 13.5. The van der Waals surface area contributed by atoms with E-state index in [1.807, 2.05) is 17.9 Å².